The van der Waals surface area contributed by atoms with Crippen molar-refractivity contribution >= 4 is 78.7 Å². The zero-order valence-electron chi connectivity index (χ0n) is 22.9. The monoisotopic (exact) mass is 710 g/mol. The van der Waals surface area contributed by atoms with E-state index >= 15 is 4.79 Å². The van der Waals surface area contributed by atoms with Gasteiger partial charge in [0.2, 0.25) is 0 Å². The van der Waals surface area contributed by atoms with Gasteiger partial charge in [-0.2, -0.15) is 0 Å². The molecule has 0 spiro atoms. The van der Waals surface area contributed by atoms with E-state index in [-0.39, 0.29) is 5.27 Å². The van der Waals surface area contributed by atoms with Crippen LogP contribution in [0.25, 0.3) is 0 Å². The Hall–Kier alpha value is -3.19. The van der Waals surface area contributed by atoms with Crippen LogP contribution in [0.5, 0.6) is 0 Å². The number of carbonyl (C=O) groups is 1. The van der Waals surface area contributed by atoms with Crippen molar-refractivity contribution in [2.75, 3.05) is 0 Å². The molecule has 42 heavy (non-hydrogen) atoms. The van der Waals surface area contributed by atoms with Crippen LogP contribution < -0.4 is 31.8 Å². The van der Waals surface area contributed by atoms with E-state index in [0.29, 0.717) is 0 Å². The molecule has 0 heterocycles. The van der Waals surface area contributed by atoms with Gasteiger partial charge in [-0.3, -0.25) is 0 Å². The second-order valence-electron chi connectivity index (χ2n) is 10.3. The molecule has 0 aliphatic heterocycles. The van der Waals surface area contributed by atoms with Gasteiger partial charge in [-0.15, -0.1) is 0 Å². The van der Waals surface area contributed by atoms with Crippen LogP contribution in [0.15, 0.2) is 182 Å². The summed E-state index contributed by atoms with van der Waals surface area (Å²) in [6.07, 6.45) is 0. The maximum atomic E-state index is 17.0. The fraction of sp³-hybridized carbons (Fsp3) is 0. The summed E-state index contributed by atoms with van der Waals surface area (Å²) >= 11 is 9.06. The molecule has 6 aromatic rings. The van der Waals surface area contributed by atoms with Crippen LogP contribution >= 0.6 is 41.6 Å². The third-order valence-corrected chi connectivity index (χ3v) is 30.6. The normalized spacial score (nSPS) is 13.7. The fourth-order valence-electron chi connectivity index (χ4n) is 6.16. The van der Waals surface area contributed by atoms with Gasteiger partial charge >= 0.3 is 265 Å². The van der Waals surface area contributed by atoms with Crippen LogP contribution in [-0.2, 0) is 0 Å². The molecule has 0 radical (unpaired) electrons. The fourth-order valence-corrected chi connectivity index (χ4v) is 30.4. The van der Waals surface area contributed by atoms with Gasteiger partial charge in [0, 0.05) is 0 Å². The average molecular weight is 712 g/mol. The van der Waals surface area contributed by atoms with Crippen molar-refractivity contribution in [2.45, 2.75) is 0 Å². The Balaban J connectivity index is 1.92. The Labute approximate surface area is 264 Å². The topological polar surface area (TPSA) is 17.1 Å². The molecule has 0 atom stereocenters. The molecule has 0 unspecified atom stereocenters. The summed E-state index contributed by atoms with van der Waals surface area (Å²) in [5.74, 6) is 0. The summed E-state index contributed by atoms with van der Waals surface area (Å²) in [5.41, 5.74) is 0. The molecule has 0 fully saturated rings. The second-order valence-corrected chi connectivity index (χ2v) is 27.1. The second kappa shape index (κ2) is 11.1. The van der Waals surface area contributed by atoms with Crippen molar-refractivity contribution in [3.63, 3.8) is 0 Å². The molecule has 0 bridgehead atoms. The van der Waals surface area contributed by atoms with Crippen LogP contribution in [-0.4, -0.2) is 5.27 Å². The molecule has 0 saturated carbocycles. The van der Waals surface area contributed by atoms with Crippen LogP contribution in [0.2, 0.25) is 0 Å². The zero-order valence-corrected chi connectivity index (χ0v) is 27.8. The molecule has 0 aromatic heterocycles. The molecule has 0 saturated heterocycles. The summed E-state index contributed by atoms with van der Waals surface area (Å²) < 4.78 is 0. The predicted octanol–water partition coefficient (Wildman–Crippen LogP) is 8.79. The Morgan fingerprint density at radius 3 is 0.595 bits per heavy atom. The number of halogens is 2. The molecule has 0 aliphatic rings. The third-order valence-electron chi connectivity index (χ3n) is 8.16. The van der Waals surface area contributed by atoms with Gasteiger partial charge in [-0.25, -0.2) is 0 Å². The van der Waals surface area contributed by atoms with Gasteiger partial charge in [0.1, 0.15) is 0 Å². The van der Waals surface area contributed by atoms with Gasteiger partial charge in [-0.05, 0) is 0 Å². The van der Waals surface area contributed by atoms with E-state index in [0.717, 1.165) is 31.8 Å². The summed E-state index contributed by atoms with van der Waals surface area (Å²) in [4.78, 5) is 17.0. The van der Waals surface area contributed by atoms with E-state index in [2.05, 4.69) is 104 Å². The van der Waals surface area contributed by atoms with Crippen molar-refractivity contribution < 1.29 is 4.79 Å². The van der Waals surface area contributed by atoms with E-state index in [1.54, 1.807) is 0 Å². The van der Waals surface area contributed by atoms with Crippen LogP contribution in [0.1, 0.15) is 0 Å². The number of hydrogen-bond acceptors (Lipinski definition) is 1. The van der Waals surface area contributed by atoms with E-state index < -0.39 is 10.6 Å². The van der Waals surface area contributed by atoms with Crippen molar-refractivity contribution in [1.29, 1.82) is 0 Å². The van der Waals surface area contributed by atoms with E-state index in [4.69, 9.17) is 0 Å². The molecule has 1 nitrogen and oxygen atoms in total. The van der Waals surface area contributed by atoms with Gasteiger partial charge in [0.15, 0.2) is 0 Å². The first-order valence-electron chi connectivity index (χ1n) is 13.8. The Bertz CT molecular complexity index is 1480. The van der Waals surface area contributed by atoms with Gasteiger partial charge < -0.3 is 0 Å². The van der Waals surface area contributed by atoms with E-state index in [9.17, 15) is 0 Å². The third kappa shape index (κ3) is 3.99. The summed E-state index contributed by atoms with van der Waals surface area (Å²) in [6.45, 7) is 0. The average Bonchev–Trinajstić information content (AvgIpc) is 3.10. The van der Waals surface area contributed by atoms with Crippen molar-refractivity contribution in [3.8, 4) is 0 Å². The first-order chi connectivity index (χ1) is 20.4. The summed E-state index contributed by atoms with van der Waals surface area (Å²) in [7, 11) is 0. The Morgan fingerprint density at radius 2 is 0.452 bits per heavy atom. The first kappa shape index (κ1) is 28.9. The first-order valence-corrected chi connectivity index (χ1v) is 22.3. The predicted molar refractivity (Wildman–Crippen MR) is 194 cm³/mol. The van der Waals surface area contributed by atoms with E-state index in [1.165, 1.54) is 0 Å². The van der Waals surface area contributed by atoms with Gasteiger partial charge in [0.25, 0.3) is 0 Å². The number of hydrogen-bond donors (Lipinski definition) is 0. The quantitative estimate of drug-likeness (QED) is 0.144. The van der Waals surface area contributed by atoms with Crippen LogP contribution in [0, 0.1) is 0 Å². The molecule has 0 amide bonds. The summed E-state index contributed by atoms with van der Waals surface area (Å²) in [6, 6.07) is 61.8. The molecule has 0 N–H and O–H groups in total. The van der Waals surface area contributed by atoms with Gasteiger partial charge in [-0.1, -0.05) is 0 Å². The molecular weight excluding hydrogens is 682 g/mol. The maximum absolute atomic E-state index is 17.0. The standard InChI is InChI=1S/C37H30Br2OP2/c38-41(31-19-7-1-8-20-31,32-21-9-2-10-22-32,33-23-11-3-12-24-33)37(40)42(39,34-25-13-4-14-26-34,35-27-15-5-16-28-35)36-29-17-6-18-30-36/h1-30H. The zero-order chi connectivity index (χ0) is 29.1. The minimum atomic E-state index is -4.14. The molecule has 5 heteroatoms. The Morgan fingerprint density at radius 1 is 0.310 bits per heavy atom. The Kier molecular flexibility index (Phi) is 7.67. The summed E-state index contributed by atoms with van der Waals surface area (Å²) in [5, 5.41) is -2.39. The van der Waals surface area contributed by atoms with Crippen LogP contribution in [0.3, 0.4) is 0 Å². The molecule has 208 valence electrons. The molecule has 0 aliphatic carbocycles. The molecule has 6 aromatic carbocycles. The number of rotatable bonds is 8. The van der Waals surface area contributed by atoms with Gasteiger partial charge in [0.05, 0.1) is 0 Å². The number of carbonyl (C=O) groups excluding carboxylic acids is 1. The van der Waals surface area contributed by atoms with Crippen LogP contribution in [0.4, 0.5) is 4.79 Å². The minimum absolute atomic E-state index is 0.138. The van der Waals surface area contributed by atoms with Crippen molar-refractivity contribution in [2.24, 2.45) is 0 Å². The van der Waals surface area contributed by atoms with Crippen molar-refractivity contribution in [3.05, 3.63) is 182 Å². The molecular formula is C37H30Br2OP2. The SMILES string of the molecule is O=C(P(Br)(c1ccccc1)(c1ccccc1)c1ccccc1)P(Br)(c1ccccc1)(c1ccccc1)c1ccccc1. The van der Waals surface area contributed by atoms with Crippen molar-refractivity contribution in [1.82, 2.24) is 0 Å². The molecule has 6 rings (SSSR count). The number of benzene rings is 6. The van der Waals surface area contributed by atoms with E-state index in [1.807, 2.05) is 109 Å².